The van der Waals surface area contributed by atoms with E-state index in [0.717, 1.165) is 42.9 Å². The van der Waals surface area contributed by atoms with Crippen molar-refractivity contribution in [3.63, 3.8) is 0 Å². The maximum absolute atomic E-state index is 12.5. The van der Waals surface area contributed by atoms with Gasteiger partial charge in [0.15, 0.2) is 0 Å². The summed E-state index contributed by atoms with van der Waals surface area (Å²) in [5.74, 6) is 2.16. The van der Waals surface area contributed by atoms with E-state index in [0.29, 0.717) is 13.0 Å². The average molecular weight is 370 g/mol. The van der Waals surface area contributed by atoms with Gasteiger partial charge in [0.25, 0.3) is 0 Å². The maximum Gasteiger partial charge on any atom is 0.223 e. The van der Waals surface area contributed by atoms with E-state index in [2.05, 4.69) is 31.2 Å². The van der Waals surface area contributed by atoms with E-state index in [-0.39, 0.29) is 11.3 Å². The van der Waals surface area contributed by atoms with Gasteiger partial charge in [-0.15, -0.1) is 11.8 Å². The minimum atomic E-state index is 0.146. The van der Waals surface area contributed by atoms with Gasteiger partial charge in [-0.05, 0) is 29.7 Å². The fraction of sp³-hybridized carbons (Fsp3) is 0.409. The number of hydrogen-bond acceptors (Lipinski definition) is 3. The summed E-state index contributed by atoms with van der Waals surface area (Å²) in [7, 11) is 0. The normalized spacial score (nSPS) is 16.7. The molecule has 4 heteroatoms. The molecule has 0 radical (unpaired) electrons. The van der Waals surface area contributed by atoms with E-state index in [1.807, 2.05) is 47.0 Å². The Balaban J connectivity index is 1.57. The molecule has 1 aliphatic rings. The molecule has 26 heavy (non-hydrogen) atoms. The molecule has 1 amide bonds. The lowest BCUT2D eigenvalue weighted by atomic mass is 10.1. The van der Waals surface area contributed by atoms with Crippen molar-refractivity contribution >= 4 is 17.7 Å². The summed E-state index contributed by atoms with van der Waals surface area (Å²) in [5.41, 5.74) is 2.34. The van der Waals surface area contributed by atoms with E-state index >= 15 is 0 Å². The molecule has 2 aromatic rings. The van der Waals surface area contributed by atoms with Crippen LogP contribution < -0.4 is 4.74 Å². The lowest BCUT2D eigenvalue weighted by Crippen LogP contribution is -2.30. The zero-order valence-corrected chi connectivity index (χ0v) is 16.2. The van der Waals surface area contributed by atoms with E-state index in [9.17, 15) is 4.79 Å². The summed E-state index contributed by atoms with van der Waals surface area (Å²) < 4.78 is 5.86. The van der Waals surface area contributed by atoms with Crippen LogP contribution in [0.2, 0.25) is 0 Å². The van der Waals surface area contributed by atoms with E-state index < -0.39 is 0 Å². The molecule has 0 aliphatic carbocycles. The highest BCUT2D eigenvalue weighted by molar-refractivity contribution is 7.99. The molecule has 1 heterocycles. The molecule has 1 saturated heterocycles. The fourth-order valence-electron chi connectivity index (χ4n) is 3.14. The number of rotatable bonds is 8. The van der Waals surface area contributed by atoms with Crippen LogP contribution in [0.5, 0.6) is 5.75 Å². The Labute approximate surface area is 160 Å². The number of benzene rings is 2. The van der Waals surface area contributed by atoms with Gasteiger partial charge < -0.3 is 9.64 Å². The summed E-state index contributed by atoms with van der Waals surface area (Å²) in [4.78, 5) is 14.6. The molecule has 2 aromatic carbocycles. The highest BCUT2D eigenvalue weighted by Crippen LogP contribution is 2.38. The number of amides is 1. The average Bonchev–Trinajstić information content (AvgIpc) is 3.18. The number of carbonyl (C=O) groups is 1. The van der Waals surface area contributed by atoms with Crippen molar-refractivity contribution in [2.75, 3.05) is 12.3 Å². The second-order valence-corrected chi connectivity index (χ2v) is 7.80. The molecule has 0 N–H and O–H groups in total. The lowest BCUT2D eigenvalue weighted by Gasteiger charge is -2.24. The highest BCUT2D eigenvalue weighted by Gasteiger charge is 2.30. The molecular formula is C22H27NO2S. The third kappa shape index (κ3) is 5.04. The Hall–Kier alpha value is -1.94. The first-order valence-electron chi connectivity index (χ1n) is 9.45. The molecule has 0 bridgehead atoms. The van der Waals surface area contributed by atoms with Gasteiger partial charge in [0.2, 0.25) is 5.91 Å². The first kappa shape index (κ1) is 18.8. The predicted molar refractivity (Wildman–Crippen MR) is 108 cm³/mol. The molecule has 1 fully saturated rings. The number of unbranched alkanes of at least 4 members (excludes halogenated alkanes) is 2. The Morgan fingerprint density at radius 2 is 1.88 bits per heavy atom. The van der Waals surface area contributed by atoms with Crippen molar-refractivity contribution in [3.8, 4) is 5.75 Å². The van der Waals surface area contributed by atoms with E-state index in [4.69, 9.17) is 4.74 Å². The topological polar surface area (TPSA) is 29.5 Å². The molecule has 1 atom stereocenters. The van der Waals surface area contributed by atoms with Crippen molar-refractivity contribution in [3.05, 3.63) is 65.7 Å². The van der Waals surface area contributed by atoms with Gasteiger partial charge in [-0.3, -0.25) is 4.79 Å². The van der Waals surface area contributed by atoms with Crippen LogP contribution in [0.15, 0.2) is 54.6 Å². The zero-order valence-electron chi connectivity index (χ0n) is 15.4. The van der Waals surface area contributed by atoms with Crippen LogP contribution in [-0.2, 0) is 11.4 Å². The summed E-state index contributed by atoms with van der Waals surface area (Å²) in [6.45, 7) is 3.59. The summed E-state index contributed by atoms with van der Waals surface area (Å²) in [5, 5.41) is 0.146. The number of nitrogens with zero attached hydrogens (tertiary/aromatic N) is 1. The van der Waals surface area contributed by atoms with Crippen LogP contribution in [0, 0.1) is 0 Å². The monoisotopic (exact) mass is 369 g/mol. The van der Waals surface area contributed by atoms with Crippen molar-refractivity contribution in [1.82, 2.24) is 4.90 Å². The standard InChI is InChI=1S/C22H27NO2S/c1-2-3-5-10-21(24)23-15-16-26-22(23)19-11-13-20(14-12-19)25-17-18-8-6-4-7-9-18/h4,6-9,11-14,22H,2-3,5,10,15-17H2,1H3/t22-/m1/s1. The minimum absolute atomic E-state index is 0.146. The Morgan fingerprint density at radius 3 is 2.62 bits per heavy atom. The van der Waals surface area contributed by atoms with Gasteiger partial charge in [0, 0.05) is 18.7 Å². The molecule has 0 aromatic heterocycles. The summed E-state index contributed by atoms with van der Waals surface area (Å²) >= 11 is 1.85. The van der Waals surface area contributed by atoms with Gasteiger partial charge in [-0.1, -0.05) is 62.2 Å². The summed E-state index contributed by atoms with van der Waals surface area (Å²) in [6, 6.07) is 18.4. The first-order chi connectivity index (χ1) is 12.8. The highest BCUT2D eigenvalue weighted by atomic mass is 32.2. The molecule has 3 rings (SSSR count). The van der Waals surface area contributed by atoms with Crippen molar-refractivity contribution in [2.45, 2.75) is 44.6 Å². The molecule has 0 spiro atoms. The first-order valence-corrected chi connectivity index (χ1v) is 10.5. The van der Waals surface area contributed by atoms with Crippen molar-refractivity contribution < 1.29 is 9.53 Å². The zero-order chi connectivity index (χ0) is 18.2. The fourth-order valence-corrected chi connectivity index (χ4v) is 4.42. The molecule has 138 valence electrons. The van der Waals surface area contributed by atoms with Crippen LogP contribution in [0.3, 0.4) is 0 Å². The van der Waals surface area contributed by atoms with E-state index in [1.165, 1.54) is 5.56 Å². The van der Waals surface area contributed by atoms with Crippen LogP contribution in [0.25, 0.3) is 0 Å². The molecule has 1 aliphatic heterocycles. The van der Waals surface area contributed by atoms with Gasteiger partial charge in [-0.25, -0.2) is 0 Å². The number of ether oxygens (including phenoxy) is 1. The van der Waals surface area contributed by atoms with Gasteiger partial charge in [0.05, 0.1) is 0 Å². The van der Waals surface area contributed by atoms with E-state index in [1.54, 1.807) is 0 Å². The second kappa shape index (κ2) is 9.67. The van der Waals surface area contributed by atoms with Gasteiger partial charge in [-0.2, -0.15) is 0 Å². The molecule has 0 saturated carbocycles. The Morgan fingerprint density at radius 1 is 1.12 bits per heavy atom. The van der Waals surface area contributed by atoms with Crippen LogP contribution in [-0.4, -0.2) is 23.1 Å². The summed E-state index contributed by atoms with van der Waals surface area (Å²) in [6.07, 6.45) is 3.94. The number of carbonyl (C=O) groups excluding carboxylic acids is 1. The molecule has 0 unspecified atom stereocenters. The molecule has 3 nitrogen and oxygen atoms in total. The van der Waals surface area contributed by atoms with Gasteiger partial charge in [0.1, 0.15) is 17.7 Å². The predicted octanol–water partition coefficient (Wildman–Crippen LogP) is 5.42. The largest absolute Gasteiger partial charge is 0.489 e. The maximum atomic E-state index is 12.5. The quantitative estimate of drug-likeness (QED) is 0.582. The third-order valence-electron chi connectivity index (χ3n) is 4.62. The Kier molecular flexibility index (Phi) is 7.01. The van der Waals surface area contributed by atoms with Gasteiger partial charge >= 0.3 is 0 Å². The SMILES string of the molecule is CCCCCC(=O)N1CCS[C@@H]1c1ccc(OCc2ccccc2)cc1. The van der Waals surface area contributed by atoms with Crippen LogP contribution in [0.1, 0.15) is 49.1 Å². The van der Waals surface area contributed by atoms with Crippen molar-refractivity contribution in [2.24, 2.45) is 0 Å². The third-order valence-corrected chi connectivity index (χ3v) is 5.88. The number of hydrogen-bond donors (Lipinski definition) is 0. The van der Waals surface area contributed by atoms with Crippen LogP contribution >= 0.6 is 11.8 Å². The lowest BCUT2D eigenvalue weighted by molar-refractivity contribution is -0.131. The minimum Gasteiger partial charge on any atom is -0.489 e. The van der Waals surface area contributed by atoms with Crippen LogP contribution in [0.4, 0.5) is 0 Å². The smallest absolute Gasteiger partial charge is 0.223 e. The Bertz CT molecular complexity index is 687. The number of thioether (sulfide) groups is 1. The second-order valence-electron chi connectivity index (χ2n) is 6.61. The molecular weight excluding hydrogens is 342 g/mol. The van der Waals surface area contributed by atoms with Crippen molar-refractivity contribution in [1.29, 1.82) is 0 Å².